The average Bonchev–Trinajstić information content (AvgIpc) is 1.95. The van der Waals surface area contributed by atoms with Gasteiger partial charge in [0.2, 0.25) is 0 Å². The normalized spacial score (nSPS) is 18.8. The topological polar surface area (TPSA) is 69.7 Å². The number of aliphatic carboxylic acids is 1. The summed E-state index contributed by atoms with van der Waals surface area (Å²) in [5, 5.41) is 10.6. The Balaban J connectivity index is 2.61. The van der Waals surface area contributed by atoms with Crippen LogP contribution in [0.1, 0.15) is 20.8 Å². The van der Waals surface area contributed by atoms with E-state index in [1.807, 2.05) is 0 Å². The molecule has 5 nitrogen and oxygen atoms in total. The van der Waals surface area contributed by atoms with Crippen molar-refractivity contribution >= 4 is 12.1 Å². The van der Waals surface area contributed by atoms with Crippen LogP contribution in [0.25, 0.3) is 0 Å². The standard InChI is InChI=1S/C10H15F2NO4/c1-9(2,3)17-8(16)13-4-10(5-13,6(11)12)7(14)15/h6H,4-5H2,1-3H3,(H,14,15)/p-1. The summed E-state index contributed by atoms with van der Waals surface area (Å²) in [5.74, 6) is -1.84. The molecule has 1 rings (SSSR count). The number of carboxylic acid groups (broad SMARTS) is 1. The number of ether oxygens (including phenoxy) is 1. The van der Waals surface area contributed by atoms with Gasteiger partial charge in [-0.2, -0.15) is 0 Å². The third-order valence-corrected chi connectivity index (χ3v) is 2.42. The molecule has 0 bridgehead atoms. The molecule has 7 heteroatoms. The van der Waals surface area contributed by atoms with E-state index in [4.69, 9.17) is 4.74 Å². The van der Waals surface area contributed by atoms with Crippen LogP contribution in [-0.4, -0.2) is 42.1 Å². The zero-order chi connectivity index (χ0) is 13.4. The lowest BCUT2D eigenvalue weighted by Gasteiger charge is -2.49. The number of halogens is 2. The molecule has 0 N–H and O–H groups in total. The van der Waals surface area contributed by atoms with Crippen LogP contribution in [-0.2, 0) is 9.53 Å². The minimum absolute atomic E-state index is 0.581. The third-order valence-electron chi connectivity index (χ3n) is 2.42. The Morgan fingerprint density at radius 2 is 1.82 bits per heavy atom. The van der Waals surface area contributed by atoms with Crippen LogP contribution in [0.4, 0.5) is 13.6 Å². The van der Waals surface area contributed by atoms with Gasteiger partial charge in [-0.1, -0.05) is 0 Å². The molecule has 0 spiro atoms. The van der Waals surface area contributed by atoms with Gasteiger partial charge in [-0.3, -0.25) is 0 Å². The van der Waals surface area contributed by atoms with Gasteiger partial charge in [0.25, 0.3) is 6.43 Å². The molecule has 1 fully saturated rings. The number of carbonyl (C=O) groups is 2. The second-order valence-corrected chi connectivity index (χ2v) is 5.08. The highest BCUT2D eigenvalue weighted by Crippen LogP contribution is 2.37. The van der Waals surface area contributed by atoms with Crippen molar-refractivity contribution in [2.75, 3.05) is 13.1 Å². The van der Waals surface area contributed by atoms with E-state index in [1.165, 1.54) is 0 Å². The monoisotopic (exact) mass is 250 g/mol. The molecule has 98 valence electrons. The fourth-order valence-corrected chi connectivity index (χ4v) is 1.45. The molecule has 1 saturated heterocycles. The van der Waals surface area contributed by atoms with Crippen LogP contribution in [0.3, 0.4) is 0 Å². The summed E-state index contributed by atoms with van der Waals surface area (Å²) in [6.07, 6.45) is -3.86. The molecule has 1 heterocycles. The van der Waals surface area contributed by atoms with E-state index < -0.39 is 42.6 Å². The SMILES string of the molecule is CC(C)(C)OC(=O)N1CC(C(=O)[O-])(C(F)F)C1. The van der Waals surface area contributed by atoms with Gasteiger partial charge < -0.3 is 19.5 Å². The first-order valence-corrected chi connectivity index (χ1v) is 5.06. The summed E-state index contributed by atoms with van der Waals surface area (Å²) >= 11 is 0. The van der Waals surface area contributed by atoms with Crippen LogP contribution in [0.2, 0.25) is 0 Å². The number of carboxylic acids is 1. The maximum atomic E-state index is 12.6. The number of alkyl halides is 2. The molecule has 0 saturated carbocycles. The summed E-state index contributed by atoms with van der Waals surface area (Å²) in [4.78, 5) is 23.0. The lowest BCUT2D eigenvalue weighted by atomic mass is 9.80. The minimum atomic E-state index is -3.06. The molecule has 0 aromatic heterocycles. The van der Waals surface area contributed by atoms with E-state index in [-0.39, 0.29) is 0 Å². The molecular formula is C10H14F2NO4-. The van der Waals surface area contributed by atoms with Gasteiger partial charge in [-0.25, -0.2) is 13.6 Å². The Morgan fingerprint density at radius 3 is 2.12 bits per heavy atom. The highest BCUT2D eigenvalue weighted by atomic mass is 19.3. The lowest BCUT2D eigenvalue weighted by molar-refractivity contribution is -0.332. The van der Waals surface area contributed by atoms with Gasteiger partial charge in [0.1, 0.15) is 11.0 Å². The first kappa shape index (κ1) is 13.7. The Hall–Kier alpha value is -1.40. The second-order valence-electron chi connectivity index (χ2n) is 5.08. The lowest BCUT2D eigenvalue weighted by Crippen LogP contribution is -2.69. The predicted molar refractivity (Wildman–Crippen MR) is 51.3 cm³/mol. The fraction of sp³-hybridized carbons (Fsp3) is 0.800. The first-order chi connectivity index (χ1) is 7.58. The van der Waals surface area contributed by atoms with Crippen molar-refractivity contribution in [3.8, 4) is 0 Å². The van der Waals surface area contributed by atoms with Crippen molar-refractivity contribution in [2.45, 2.75) is 32.8 Å². The van der Waals surface area contributed by atoms with Gasteiger partial charge in [0.15, 0.2) is 0 Å². The van der Waals surface area contributed by atoms with Crippen molar-refractivity contribution in [2.24, 2.45) is 5.41 Å². The first-order valence-electron chi connectivity index (χ1n) is 5.06. The number of hydrogen-bond donors (Lipinski definition) is 0. The zero-order valence-electron chi connectivity index (χ0n) is 9.83. The fourth-order valence-electron chi connectivity index (χ4n) is 1.45. The summed E-state index contributed by atoms with van der Waals surface area (Å²) in [5.41, 5.74) is -3.00. The van der Waals surface area contributed by atoms with Gasteiger partial charge >= 0.3 is 6.09 Å². The van der Waals surface area contributed by atoms with E-state index in [0.29, 0.717) is 0 Å². The van der Waals surface area contributed by atoms with Crippen LogP contribution in [0, 0.1) is 5.41 Å². The molecule has 0 aromatic rings. The van der Waals surface area contributed by atoms with Crippen LogP contribution >= 0.6 is 0 Å². The van der Waals surface area contributed by atoms with E-state index in [1.54, 1.807) is 20.8 Å². The molecule has 0 radical (unpaired) electrons. The number of rotatable bonds is 2. The number of hydrogen-bond acceptors (Lipinski definition) is 4. The van der Waals surface area contributed by atoms with Gasteiger partial charge in [-0.05, 0) is 20.8 Å². The van der Waals surface area contributed by atoms with Gasteiger partial charge in [0, 0.05) is 13.1 Å². The molecule has 0 unspecified atom stereocenters. The molecule has 1 aliphatic heterocycles. The molecule has 1 aliphatic rings. The highest BCUT2D eigenvalue weighted by molar-refractivity contribution is 5.79. The Labute approximate surface area is 97.3 Å². The Bertz CT molecular complexity index is 332. The summed E-state index contributed by atoms with van der Waals surface area (Å²) in [7, 11) is 0. The van der Waals surface area contributed by atoms with Crippen molar-refractivity contribution in [3.05, 3.63) is 0 Å². The van der Waals surface area contributed by atoms with Crippen LogP contribution in [0.5, 0.6) is 0 Å². The number of carbonyl (C=O) groups excluding carboxylic acids is 2. The van der Waals surface area contributed by atoms with Crippen LogP contribution in [0.15, 0.2) is 0 Å². The van der Waals surface area contributed by atoms with Crippen molar-refractivity contribution in [3.63, 3.8) is 0 Å². The molecule has 0 aliphatic carbocycles. The average molecular weight is 250 g/mol. The largest absolute Gasteiger partial charge is 0.549 e. The highest BCUT2D eigenvalue weighted by Gasteiger charge is 2.54. The summed E-state index contributed by atoms with van der Waals surface area (Å²) in [6.45, 7) is 3.72. The Kier molecular flexibility index (Phi) is 3.31. The van der Waals surface area contributed by atoms with Crippen molar-refractivity contribution < 1.29 is 28.2 Å². The summed E-state index contributed by atoms with van der Waals surface area (Å²) in [6, 6.07) is 0. The molecule has 0 atom stereocenters. The predicted octanol–water partition coefficient (Wildman–Crippen LogP) is 0.238. The molecule has 1 amide bonds. The zero-order valence-corrected chi connectivity index (χ0v) is 9.83. The van der Waals surface area contributed by atoms with E-state index >= 15 is 0 Å². The minimum Gasteiger partial charge on any atom is -0.549 e. The van der Waals surface area contributed by atoms with Gasteiger partial charge in [0.05, 0.1) is 5.97 Å². The van der Waals surface area contributed by atoms with Gasteiger partial charge in [-0.15, -0.1) is 0 Å². The second kappa shape index (κ2) is 4.12. The molecule has 0 aromatic carbocycles. The van der Waals surface area contributed by atoms with E-state index in [0.717, 1.165) is 4.90 Å². The number of likely N-dealkylation sites (tertiary alicyclic amines) is 1. The van der Waals surface area contributed by atoms with E-state index in [2.05, 4.69) is 0 Å². The smallest absolute Gasteiger partial charge is 0.410 e. The van der Waals surface area contributed by atoms with E-state index in [9.17, 15) is 23.5 Å². The number of amides is 1. The van der Waals surface area contributed by atoms with Crippen molar-refractivity contribution in [1.29, 1.82) is 0 Å². The maximum absolute atomic E-state index is 12.6. The third kappa shape index (κ3) is 2.65. The molecular weight excluding hydrogens is 236 g/mol. The quantitative estimate of drug-likeness (QED) is 0.704. The maximum Gasteiger partial charge on any atom is 0.410 e. The summed E-state index contributed by atoms with van der Waals surface area (Å²) < 4.78 is 30.0. The van der Waals surface area contributed by atoms with Crippen LogP contribution < -0.4 is 5.11 Å². The number of nitrogens with zero attached hydrogens (tertiary/aromatic N) is 1. The van der Waals surface area contributed by atoms with Crippen molar-refractivity contribution in [1.82, 2.24) is 4.90 Å². The molecule has 17 heavy (non-hydrogen) atoms. The Morgan fingerprint density at radius 1 is 1.35 bits per heavy atom.